The Morgan fingerprint density at radius 3 is 2.47 bits per heavy atom. The quantitative estimate of drug-likeness (QED) is 0.653. The highest BCUT2D eigenvalue weighted by Crippen LogP contribution is 2.43. The number of aryl methyl sites for hydroxylation is 1. The smallest absolute Gasteiger partial charge is 0.161 e. The second-order valence-electron chi connectivity index (χ2n) is 9.08. The molecule has 4 heteroatoms. The van der Waals surface area contributed by atoms with Crippen molar-refractivity contribution >= 4 is 17.4 Å². The summed E-state index contributed by atoms with van der Waals surface area (Å²) in [6, 6.07) is 12.3. The lowest BCUT2D eigenvalue weighted by Gasteiger charge is -2.36. The average molecular weight is 426 g/mol. The highest BCUT2D eigenvalue weighted by Gasteiger charge is 2.49. The molecule has 1 atom stereocenters. The number of rotatable bonds is 5. The molecule has 0 aromatic heterocycles. The van der Waals surface area contributed by atoms with Crippen molar-refractivity contribution in [1.82, 2.24) is 5.32 Å². The van der Waals surface area contributed by atoms with Gasteiger partial charge >= 0.3 is 0 Å². The number of benzene rings is 2. The van der Waals surface area contributed by atoms with Gasteiger partial charge in [-0.15, -0.1) is 0 Å². The molecule has 1 heterocycles. The summed E-state index contributed by atoms with van der Waals surface area (Å²) < 4.78 is 5.25. The van der Waals surface area contributed by atoms with Crippen LogP contribution in [-0.4, -0.2) is 31.6 Å². The number of nitrogens with one attached hydrogen (secondary N) is 1. The molecule has 0 amide bonds. The molecular weight excluding hydrogens is 394 g/mol. The Labute approximate surface area is 185 Å². The third kappa shape index (κ3) is 3.95. The lowest BCUT2D eigenvalue weighted by atomic mass is 9.72. The summed E-state index contributed by atoms with van der Waals surface area (Å²) in [4.78, 5) is 13.7. The van der Waals surface area contributed by atoms with Crippen LogP contribution in [0.5, 0.6) is 0 Å². The second kappa shape index (κ2) is 8.82. The molecule has 1 aliphatic heterocycles. The van der Waals surface area contributed by atoms with Gasteiger partial charge in [0.15, 0.2) is 5.78 Å². The molecule has 160 valence electrons. The minimum atomic E-state index is -0.330. The number of carbonyl (C=O) groups is 1. The monoisotopic (exact) mass is 425 g/mol. The van der Waals surface area contributed by atoms with Crippen LogP contribution in [0.1, 0.15) is 54.7 Å². The van der Waals surface area contributed by atoms with Gasteiger partial charge in [0.25, 0.3) is 0 Å². The summed E-state index contributed by atoms with van der Waals surface area (Å²) in [6.45, 7) is 5.85. The molecule has 1 N–H and O–H groups in total. The Balaban J connectivity index is 1.59. The van der Waals surface area contributed by atoms with Crippen molar-refractivity contribution in [3.63, 3.8) is 0 Å². The van der Waals surface area contributed by atoms with Gasteiger partial charge in [0.1, 0.15) is 0 Å². The Kier molecular flexibility index (Phi) is 6.34. The van der Waals surface area contributed by atoms with E-state index in [1.165, 1.54) is 22.3 Å². The van der Waals surface area contributed by atoms with Crippen LogP contribution >= 0.6 is 11.6 Å². The van der Waals surface area contributed by atoms with Crippen LogP contribution in [0, 0.1) is 19.8 Å². The number of ketones is 1. The molecule has 1 saturated carbocycles. The molecule has 0 radical (unpaired) electrons. The van der Waals surface area contributed by atoms with E-state index in [1.807, 2.05) is 12.1 Å². The van der Waals surface area contributed by atoms with Crippen LogP contribution in [0.2, 0.25) is 5.02 Å². The average Bonchev–Trinajstić information content (AvgIpc) is 3.05. The first-order chi connectivity index (χ1) is 14.4. The summed E-state index contributed by atoms with van der Waals surface area (Å²) in [6.07, 6.45) is 5.22. The largest absolute Gasteiger partial charge is 0.385 e. The van der Waals surface area contributed by atoms with E-state index in [0.717, 1.165) is 55.8 Å². The van der Waals surface area contributed by atoms with Crippen LogP contribution in [0.25, 0.3) is 11.1 Å². The molecule has 2 fully saturated rings. The Morgan fingerprint density at radius 1 is 1.10 bits per heavy atom. The summed E-state index contributed by atoms with van der Waals surface area (Å²) in [5.74, 6) is 1.01. The van der Waals surface area contributed by atoms with Crippen molar-refractivity contribution in [3.8, 4) is 11.1 Å². The van der Waals surface area contributed by atoms with Gasteiger partial charge in [-0.1, -0.05) is 35.9 Å². The molecule has 3 nitrogen and oxygen atoms in total. The van der Waals surface area contributed by atoms with Gasteiger partial charge in [0.2, 0.25) is 0 Å². The first kappa shape index (κ1) is 21.5. The van der Waals surface area contributed by atoms with Crippen LogP contribution in [0.15, 0.2) is 36.4 Å². The summed E-state index contributed by atoms with van der Waals surface area (Å²) in [5.41, 5.74) is 5.62. The Hall–Kier alpha value is -1.68. The second-order valence-corrected chi connectivity index (χ2v) is 9.52. The van der Waals surface area contributed by atoms with E-state index < -0.39 is 0 Å². The highest BCUT2D eigenvalue weighted by atomic mass is 35.5. The number of halogens is 1. The van der Waals surface area contributed by atoms with E-state index in [-0.39, 0.29) is 11.5 Å². The molecule has 1 saturated heterocycles. The molecule has 0 bridgehead atoms. The fourth-order valence-electron chi connectivity index (χ4n) is 5.55. The molecular formula is C26H32ClNO2. The van der Waals surface area contributed by atoms with Gasteiger partial charge in [-0.2, -0.15) is 0 Å². The van der Waals surface area contributed by atoms with E-state index in [1.54, 1.807) is 7.11 Å². The fraction of sp³-hybridized carbons (Fsp3) is 0.500. The SMILES string of the molecule is COCCC1CCC2(CC1)NCC(c1c(C)ccc(-c3ccc(Cl)cc3)c1C)C2=O. The number of hydrogen-bond acceptors (Lipinski definition) is 3. The number of ether oxygens (including phenoxy) is 1. The first-order valence-electron chi connectivity index (χ1n) is 11.1. The molecule has 1 aliphatic carbocycles. The molecule has 2 aromatic carbocycles. The van der Waals surface area contributed by atoms with Gasteiger partial charge in [-0.25, -0.2) is 0 Å². The van der Waals surface area contributed by atoms with E-state index in [0.29, 0.717) is 11.7 Å². The van der Waals surface area contributed by atoms with Gasteiger partial charge in [-0.3, -0.25) is 4.79 Å². The fourth-order valence-corrected chi connectivity index (χ4v) is 5.68. The number of hydrogen-bond donors (Lipinski definition) is 1. The molecule has 2 aromatic rings. The summed E-state index contributed by atoms with van der Waals surface area (Å²) >= 11 is 6.08. The van der Waals surface area contributed by atoms with Crippen molar-refractivity contribution in [2.24, 2.45) is 5.92 Å². The lowest BCUT2D eigenvalue weighted by Crippen LogP contribution is -2.48. The standard InChI is InChI=1S/C26H32ClNO2/c1-17-4-9-22(20-5-7-21(27)8-6-20)18(2)24(17)23-16-28-26(25(23)29)13-10-19(11-14-26)12-15-30-3/h4-9,19,23,28H,10-16H2,1-3H3. The predicted molar refractivity (Wildman–Crippen MR) is 123 cm³/mol. The number of methoxy groups -OCH3 is 1. The van der Waals surface area contributed by atoms with E-state index >= 15 is 0 Å². The molecule has 1 spiro atoms. The zero-order chi connectivity index (χ0) is 21.3. The molecule has 4 rings (SSSR count). The van der Waals surface area contributed by atoms with E-state index in [4.69, 9.17) is 16.3 Å². The summed E-state index contributed by atoms with van der Waals surface area (Å²) in [5, 5.41) is 4.41. The minimum absolute atomic E-state index is 0.0622. The van der Waals surface area contributed by atoms with E-state index in [2.05, 4.69) is 43.4 Å². The summed E-state index contributed by atoms with van der Waals surface area (Å²) in [7, 11) is 1.76. The number of Topliss-reactive ketones (excluding diaryl/α,β-unsaturated/α-hetero) is 1. The van der Waals surface area contributed by atoms with Crippen molar-refractivity contribution in [3.05, 3.63) is 58.1 Å². The predicted octanol–water partition coefficient (Wildman–Crippen LogP) is 5.85. The minimum Gasteiger partial charge on any atom is -0.385 e. The van der Waals surface area contributed by atoms with Gasteiger partial charge in [0, 0.05) is 25.3 Å². The third-order valence-corrected chi connectivity index (χ3v) is 7.61. The first-order valence-corrected chi connectivity index (χ1v) is 11.5. The van der Waals surface area contributed by atoms with Gasteiger partial charge in [0.05, 0.1) is 11.5 Å². The molecule has 2 aliphatic rings. The third-order valence-electron chi connectivity index (χ3n) is 7.36. The van der Waals surface area contributed by atoms with Gasteiger partial charge in [-0.05, 0) is 91.8 Å². The maximum atomic E-state index is 13.7. The van der Waals surface area contributed by atoms with E-state index in [9.17, 15) is 4.79 Å². The van der Waals surface area contributed by atoms with Crippen LogP contribution in [-0.2, 0) is 9.53 Å². The Bertz CT molecular complexity index is 913. The van der Waals surface area contributed by atoms with Crippen molar-refractivity contribution in [1.29, 1.82) is 0 Å². The van der Waals surface area contributed by atoms with Crippen molar-refractivity contribution in [2.45, 2.75) is 57.4 Å². The normalized spacial score (nSPS) is 26.5. The topological polar surface area (TPSA) is 38.3 Å². The van der Waals surface area contributed by atoms with Crippen molar-refractivity contribution in [2.75, 3.05) is 20.3 Å². The van der Waals surface area contributed by atoms with Crippen LogP contribution in [0.3, 0.4) is 0 Å². The maximum absolute atomic E-state index is 13.7. The number of carbonyl (C=O) groups excluding carboxylic acids is 1. The maximum Gasteiger partial charge on any atom is 0.161 e. The van der Waals surface area contributed by atoms with Crippen molar-refractivity contribution < 1.29 is 9.53 Å². The van der Waals surface area contributed by atoms with Crippen LogP contribution in [0.4, 0.5) is 0 Å². The van der Waals surface area contributed by atoms with Gasteiger partial charge < -0.3 is 10.1 Å². The molecule has 1 unspecified atom stereocenters. The zero-order valence-corrected chi connectivity index (χ0v) is 19.0. The van der Waals surface area contributed by atoms with Crippen LogP contribution < -0.4 is 5.32 Å². The highest BCUT2D eigenvalue weighted by molar-refractivity contribution is 6.30. The molecule has 30 heavy (non-hydrogen) atoms. The Morgan fingerprint density at radius 2 is 1.80 bits per heavy atom. The zero-order valence-electron chi connectivity index (χ0n) is 18.3. The lowest BCUT2D eigenvalue weighted by molar-refractivity contribution is -0.125.